The Bertz CT molecular complexity index is 958. The van der Waals surface area contributed by atoms with Crippen LogP contribution in [0.3, 0.4) is 0 Å². The number of carbonyl (C=O) groups is 1. The number of pyridine rings is 1. The number of methoxy groups -OCH3 is 1. The molecular weight excluding hydrogens is 354 g/mol. The Morgan fingerprint density at radius 1 is 1.18 bits per heavy atom. The lowest BCUT2D eigenvalue weighted by molar-refractivity contribution is -0.120. The Balaban J connectivity index is 1.36. The van der Waals surface area contributed by atoms with Gasteiger partial charge < -0.3 is 15.0 Å². The van der Waals surface area contributed by atoms with Gasteiger partial charge in [-0.2, -0.15) is 0 Å². The lowest BCUT2D eigenvalue weighted by Gasteiger charge is -2.38. The third-order valence-corrected chi connectivity index (χ3v) is 4.72. The average Bonchev–Trinajstić information content (AvgIpc) is 2.68. The highest BCUT2D eigenvalue weighted by atomic mass is 16.5. The van der Waals surface area contributed by atoms with Crippen molar-refractivity contribution in [2.24, 2.45) is 5.92 Å². The second-order valence-electron chi connectivity index (χ2n) is 6.72. The molecule has 28 heavy (non-hydrogen) atoms. The SMILES string of the molecule is COc1cccc(Cc2cncc(N3CC(C(=O)Nc4ccncc4)C3)n2)c1. The molecule has 3 heterocycles. The predicted octanol–water partition coefficient (Wildman–Crippen LogP) is 2.55. The molecule has 0 saturated carbocycles. The number of hydrogen-bond donors (Lipinski definition) is 1. The minimum Gasteiger partial charge on any atom is -0.497 e. The van der Waals surface area contributed by atoms with Gasteiger partial charge >= 0.3 is 0 Å². The highest BCUT2D eigenvalue weighted by Crippen LogP contribution is 2.24. The number of rotatable bonds is 6. The fourth-order valence-electron chi connectivity index (χ4n) is 3.13. The van der Waals surface area contributed by atoms with E-state index in [9.17, 15) is 4.79 Å². The number of nitrogens with one attached hydrogen (secondary N) is 1. The molecule has 1 amide bonds. The molecule has 0 atom stereocenters. The Hall–Kier alpha value is -3.48. The summed E-state index contributed by atoms with van der Waals surface area (Å²) < 4.78 is 5.27. The number of anilines is 2. The Morgan fingerprint density at radius 3 is 2.79 bits per heavy atom. The van der Waals surface area contributed by atoms with Gasteiger partial charge in [-0.3, -0.25) is 14.8 Å². The molecule has 1 fully saturated rings. The van der Waals surface area contributed by atoms with E-state index in [1.54, 1.807) is 44.0 Å². The Kier molecular flexibility index (Phi) is 5.14. The molecule has 3 aromatic rings. The molecule has 1 aliphatic rings. The average molecular weight is 375 g/mol. The number of carbonyl (C=O) groups excluding carboxylic acids is 1. The maximum absolute atomic E-state index is 12.3. The van der Waals surface area contributed by atoms with Gasteiger partial charge in [-0.25, -0.2) is 4.98 Å². The zero-order valence-electron chi connectivity index (χ0n) is 15.6. The summed E-state index contributed by atoms with van der Waals surface area (Å²) in [6.07, 6.45) is 7.51. The summed E-state index contributed by atoms with van der Waals surface area (Å²) in [5, 5.41) is 2.92. The van der Waals surface area contributed by atoms with Crippen molar-refractivity contribution in [2.75, 3.05) is 30.4 Å². The van der Waals surface area contributed by atoms with Gasteiger partial charge in [0.1, 0.15) is 11.6 Å². The van der Waals surface area contributed by atoms with Crippen LogP contribution in [-0.2, 0) is 11.2 Å². The van der Waals surface area contributed by atoms with Crippen molar-refractivity contribution in [1.82, 2.24) is 15.0 Å². The second kappa shape index (κ2) is 8.04. The van der Waals surface area contributed by atoms with Gasteiger partial charge in [0.25, 0.3) is 0 Å². The molecule has 7 heteroatoms. The molecule has 0 bridgehead atoms. The van der Waals surface area contributed by atoms with E-state index < -0.39 is 0 Å². The summed E-state index contributed by atoms with van der Waals surface area (Å²) in [5.74, 6) is 1.58. The van der Waals surface area contributed by atoms with Crippen LogP contribution in [0.1, 0.15) is 11.3 Å². The fourth-order valence-corrected chi connectivity index (χ4v) is 3.13. The molecule has 0 spiro atoms. The van der Waals surface area contributed by atoms with Crippen LogP contribution in [-0.4, -0.2) is 41.1 Å². The Morgan fingerprint density at radius 2 is 2.00 bits per heavy atom. The molecule has 0 radical (unpaired) electrons. The predicted molar refractivity (Wildman–Crippen MR) is 106 cm³/mol. The molecule has 1 N–H and O–H groups in total. The van der Waals surface area contributed by atoms with Crippen LogP contribution in [0.2, 0.25) is 0 Å². The van der Waals surface area contributed by atoms with Crippen LogP contribution >= 0.6 is 0 Å². The third kappa shape index (κ3) is 4.09. The van der Waals surface area contributed by atoms with Gasteiger partial charge in [-0.15, -0.1) is 0 Å². The monoisotopic (exact) mass is 375 g/mol. The zero-order chi connectivity index (χ0) is 19.3. The molecule has 2 aromatic heterocycles. The standard InChI is InChI=1S/C21H21N5O2/c1-28-19-4-2-3-15(10-19)9-18-11-23-12-20(24-18)26-13-16(14-26)21(27)25-17-5-7-22-8-6-17/h2-8,10-12,16H,9,13-14H2,1H3,(H,22,25,27). The van der Waals surface area contributed by atoms with E-state index in [1.807, 2.05) is 24.3 Å². The molecule has 7 nitrogen and oxygen atoms in total. The normalized spacial score (nSPS) is 13.7. The lowest BCUT2D eigenvalue weighted by Crippen LogP contribution is -2.52. The van der Waals surface area contributed by atoms with E-state index in [2.05, 4.69) is 20.2 Å². The van der Waals surface area contributed by atoms with E-state index in [1.165, 1.54) is 0 Å². The highest BCUT2D eigenvalue weighted by molar-refractivity contribution is 5.94. The Labute approximate surface area is 163 Å². The molecular formula is C21H21N5O2. The van der Waals surface area contributed by atoms with Gasteiger partial charge in [-0.1, -0.05) is 12.1 Å². The van der Waals surface area contributed by atoms with Gasteiger partial charge in [0.2, 0.25) is 5.91 Å². The topological polar surface area (TPSA) is 80.2 Å². The van der Waals surface area contributed by atoms with Crippen LogP contribution in [0.25, 0.3) is 0 Å². The summed E-state index contributed by atoms with van der Waals surface area (Å²) in [4.78, 5) is 27.4. The maximum atomic E-state index is 12.3. The van der Waals surface area contributed by atoms with Gasteiger partial charge in [0.15, 0.2) is 0 Å². The van der Waals surface area contributed by atoms with E-state index in [0.29, 0.717) is 19.5 Å². The smallest absolute Gasteiger partial charge is 0.231 e. The first-order valence-corrected chi connectivity index (χ1v) is 9.11. The van der Waals surface area contributed by atoms with E-state index in [0.717, 1.165) is 28.5 Å². The van der Waals surface area contributed by atoms with Crippen LogP contribution in [0.4, 0.5) is 11.5 Å². The van der Waals surface area contributed by atoms with Gasteiger partial charge in [0, 0.05) is 43.8 Å². The van der Waals surface area contributed by atoms with Crippen molar-refractivity contribution >= 4 is 17.4 Å². The molecule has 1 saturated heterocycles. The van der Waals surface area contributed by atoms with Gasteiger partial charge in [0.05, 0.1) is 24.9 Å². The number of aromatic nitrogens is 3. The first-order chi connectivity index (χ1) is 13.7. The van der Waals surface area contributed by atoms with Crippen LogP contribution in [0.5, 0.6) is 5.75 Å². The van der Waals surface area contributed by atoms with Crippen LogP contribution < -0.4 is 15.0 Å². The summed E-state index contributed by atoms with van der Waals surface area (Å²) in [6, 6.07) is 11.5. The lowest BCUT2D eigenvalue weighted by atomic mass is 9.99. The van der Waals surface area contributed by atoms with Crippen molar-refractivity contribution in [1.29, 1.82) is 0 Å². The maximum Gasteiger partial charge on any atom is 0.231 e. The van der Waals surface area contributed by atoms with E-state index in [4.69, 9.17) is 9.72 Å². The molecule has 1 aliphatic heterocycles. The van der Waals surface area contributed by atoms with Gasteiger partial charge in [-0.05, 0) is 29.8 Å². The first kappa shape index (κ1) is 17.9. The van der Waals surface area contributed by atoms with Crippen LogP contribution in [0.15, 0.2) is 61.2 Å². The van der Waals surface area contributed by atoms with Crippen molar-refractivity contribution in [2.45, 2.75) is 6.42 Å². The highest BCUT2D eigenvalue weighted by Gasteiger charge is 2.33. The minimum absolute atomic E-state index is 0.0166. The minimum atomic E-state index is -0.0583. The van der Waals surface area contributed by atoms with Crippen molar-refractivity contribution in [3.05, 3.63) is 72.4 Å². The number of hydrogen-bond acceptors (Lipinski definition) is 6. The largest absolute Gasteiger partial charge is 0.497 e. The number of ether oxygens (including phenoxy) is 1. The van der Waals surface area contributed by atoms with E-state index >= 15 is 0 Å². The summed E-state index contributed by atoms with van der Waals surface area (Å²) in [5.41, 5.74) is 2.76. The summed E-state index contributed by atoms with van der Waals surface area (Å²) in [6.45, 7) is 1.27. The summed E-state index contributed by atoms with van der Waals surface area (Å²) >= 11 is 0. The first-order valence-electron chi connectivity index (χ1n) is 9.11. The van der Waals surface area contributed by atoms with Crippen LogP contribution in [0, 0.1) is 5.92 Å². The quantitative estimate of drug-likeness (QED) is 0.713. The van der Waals surface area contributed by atoms with Crippen molar-refractivity contribution < 1.29 is 9.53 Å². The molecule has 142 valence electrons. The number of benzene rings is 1. The molecule has 0 unspecified atom stereocenters. The van der Waals surface area contributed by atoms with E-state index in [-0.39, 0.29) is 11.8 Å². The fraction of sp³-hybridized carbons (Fsp3) is 0.238. The second-order valence-corrected chi connectivity index (χ2v) is 6.72. The molecule has 4 rings (SSSR count). The zero-order valence-corrected chi connectivity index (χ0v) is 15.6. The summed E-state index contributed by atoms with van der Waals surface area (Å²) in [7, 11) is 1.66. The third-order valence-electron chi connectivity index (χ3n) is 4.72. The molecule has 1 aromatic carbocycles. The number of nitrogens with zero attached hydrogens (tertiary/aromatic N) is 4. The number of amides is 1. The van der Waals surface area contributed by atoms with Crippen molar-refractivity contribution in [3.8, 4) is 5.75 Å². The molecule has 0 aliphatic carbocycles. The van der Waals surface area contributed by atoms with Crippen molar-refractivity contribution in [3.63, 3.8) is 0 Å².